The van der Waals surface area contributed by atoms with Gasteiger partial charge in [-0.05, 0) is 0 Å². The molecule has 0 aromatic heterocycles. The van der Waals surface area contributed by atoms with Gasteiger partial charge in [0.2, 0.25) is 0 Å². The van der Waals surface area contributed by atoms with E-state index in [2.05, 4.69) is 37.6 Å². The molecule has 1 radical (unpaired) electrons. The molecule has 0 atom stereocenters. The molecule has 1 aliphatic rings. The van der Waals surface area contributed by atoms with Gasteiger partial charge in [0, 0.05) is 0 Å². The molecule has 0 spiro atoms. The van der Waals surface area contributed by atoms with Gasteiger partial charge in [-0.2, -0.15) is 0 Å². The number of rotatable bonds is 2. The Morgan fingerprint density at radius 2 is 1.50 bits per heavy atom. The van der Waals surface area contributed by atoms with Crippen molar-refractivity contribution in [2.45, 2.75) is 44.3 Å². The van der Waals surface area contributed by atoms with Gasteiger partial charge < -0.3 is 0 Å². The largest absolute Gasteiger partial charge is 0.154 e. The normalized spacial score (nSPS) is 18.9. The highest BCUT2D eigenvalue weighted by Gasteiger charge is 2.13. The van der Waals surface area contributed by atoms with E-state index >= 15 is 0 Å². The second-order valence-electron chi connectivity index (χ2n) is 4.33. The second-order valence-corrected chi connectivity index (χ2v) is 4.33. The predicted molar refractivity (Wildman–Crippen MR) is 63.3 cm³/mol. The lowest BCUT2D eigenvalue weighted by Crippen LogP contribution is -2.18. The molecule has 0 amide bonds. The van der Waals surface area contributed by atoms with Crippen LogP contribution in [0.25, 0.3) is 0 Å². The van der Waals surface area contributed by atoms with Crippen molar-refractivity contribution >= 4 is 12.7 Å². The summed E-state index contributed by atoms with van der Waals surface area (Å²) in [5.74, 6) is 0.833. The third-order valence-corrected chi connectivity index (χ3v) is 3.13. The Balaban J connectivity index is 1.90. The quantitative estimate of drug-likeness (QED) is 0.490. The van der Waals surface area contributed by atoms with Crippen molar-refractivity contribution in [2.75, 3.05) is 0 Å². The molecule has 0 aliphatic heterocycles. The van der Waals surface area contributed by atoms with E-state index < -0.39 is 0 Å². The van der Waals surface area contributed by atoms with Crippen molar-refractivity contribution in [3.63, 3.8) is 0 Å². The molecular weight excluding hydrogens is 167 g/mol. The average Bonchev–Trinajstić information content (AvgIpc) is 2.48. The van der Waals surface area contributed by atoms with Gasteiger partial charge in [-0.15, -0.1) is 0 Å². The summed E-state index contributed by atoms with van der Waals surface area (Å²) in [5, 5.41) is 0. The first-order valence-electron chi connectivity index (χ1n) is 5.85. The molecule has 73 valence electrons. The van der Waals surface area contributed by atoms with E-state index in [9.17, 15) is 0 Å². The summed E-state index contributed by atoms with van der Waals surface area (Å²) in [4.78, 5) is 0. The molecule has 1 aliphatic carbocycles. The molecular formula is C13H18B. The van der Waals surface area contributed by atoms with Crippen LogP contribution in [0.5, 0.6) is 0 Å². The number of hydrogen-bond donors (Lipinski definition) is 0. The Hall–Kier alpha value is -0.715. The molecule has 1 aromatic rings. The smallest absolute Gasteiger partial charge is 0.0875 e. The lowest BCUT2D eigenvalue weighted by Gasteiger charge is -2.11. The fourth-order valence-corrected chi connectivity index (χ4v) is 2.31. The molecule has 0 N–H and O–H groups in total. The van der Waals surface area contributed by atoms with Crippen molar-refractivity contribution in [2.24, 2.45) is 0 Å². The van der Waals surface area contributed by atoms with Crippen LogP contribution >= 0.6 is 0 Å². The first-order valence-corrected chi connectivity index (χ1v) is 5.85. The predicted octanol–water partition coefficient (Wildman–Crippen LogP) is 3.16. The van der Waals surface area contributed by atoms with E-state index in [0.29, 0.717) is 0 Å². The van der Waals surface area contributed by atoms with Crippen LogP contribution in [0.15, 0.2) is 30.3 Å². The van der Waals surface area contributed by atoms with Crippen molar-refractivity contribution in [3.05, 3.63) is 30.3 Å². The third-order valence-electron chi connectivity index (χ3n) is 3.13. The van der Waals surface area contributed by atoms with Gasteiger partial charge in [-0.1, -0.05) is 80.1 Å². The van der Waals surface area contributed by atoms with Gasteiger partial charge in [0.15, 0.2) is 7.28 Å². The molecule has 1 aromatic carbocycles. The molecule has 14 heavy (non-hydrogen) atoms. The second kappa shape index (κ2) is 5.24. The van der Waals surface area contributed by atoms with Crippen LogP contribution in [0.3, 0.4) is 0 Å². The summed E-state index contributed by atoms with van der Waals surface area (Å²) in [7, 11) is 2.46. The van der Waals surface area contributed by atoms with Crippen LogP contribution in [-0.2, 0) is 0 Å². The van der Waals surface area contributed by atoms with E-state index in [1.807, 2.05) is 0 Å². The van der Waals surface area contributed by atoms with Crippen molar-refractivity contribution in [3.8, 4) is 0 Å². The topological polar surface area (TPSA) is 0 Å². The summed E-state index contributed by atoms with van der Waals surface area (Å²) in [6.45, 7) is 0. The van der Waals surface area contributed by atoms with Gasteiger partial charge in [0.25, 0.3) is 0 Å². The fourth-order valence-electron chi connectivity index (χ4n) is 2.31. The minimum atomic E-state index is 0.833. The summed E-state index contributed by atoms with van der Waals surface area (Å²) in [6, 6.07) is 10.8. The zero-order chi connectivity index (χ0) is 9.64. The van der Waals surface area contributed by atoms with Gasteiger partial charge >= 0.3 is 0 Å². The lowest BCUT2D eigenvalue weighted by molar-refractivity contribution is 0.695. The highest BCUT2D eigenvalue weighted by molar-refractivity contribution is 6.54. The van der Waals surface area contributed by atoms with Gasteiger partial charge in [0.1, 0.15) is 0 Å². The molecule has 0 unspecified atom stereocenters. The molecule has 0 bridgehead atoms. The lowest BCUT2D eigenvalue weighted by atomic mass is 9.57. The Labute approximate surface area is 88.0 Å². The fraction of sp³-hybridized carbons (Fsp3) is 0.538. The van der Waals surface area contributed by atoms with Gasteiger partial charge in [0.05, 0.1) is 0 Å². The van der Waals surface area contributed by atoms with Crippen LogP contribution in [-0.4, -0.2) is 7.28 Å². The summed E-state index contributed by atoms with van der Waals surface area (Å²) >= 11 is 0. The highest BCUT2D eigenvalue weighted by Crippen LogP contribution is 2.26. The monoisotopic (exact) mass is 185 g/mol. The van der Waals surface area contributed by atoms with E-state index in [0.717, 1.165) is 5.82 Å². The van der Waals surface area contributed by atoms with Crippen LogP contribution in [0.2, 0.25) is 5.82 Å². The van der Waals surface area contributed by atoms with Crippen LogP contribution in [0.1, 0.15) is 38.5 Å². The van der Waals surface area contributed by atoms with Crippen LogP contribution in [0, 0.1) is 0 Å². The SMILES string of the molecule is [B](c1ccccc1)C1CCCCCC1. The van der Waals surface area contributed by atoms with E-state index in [-0.39, 0.29) is 0 Å². The van der Waals surface area contributed by atoms with E-state index in [1.165, 1.54) is 44.0 Å². The molecule has 0 heterocycles. The molecule has 1 heteroatoms. The van der Waals surface area contributed by atoms with Crippen molar-refractivity contribution in [1.29, 1.82) is 0 Å². The molecule has 0 saturated heterocycles. The summed E-state index contributed by atoms with van der Waals surface area (Å²) in [6.07, 6.45) is 8.53. The first kappa shape index (κ1) is 9.83. The minimum absolute atomic E-state index is 0.833. The highest BCUT2D eigenvalue weighted by atomic mass is 14.1. The maximum Gasteiger partial charge on any atom is 0.154 e. The minimum Gasteiger partial charge on any atom is -0.0875 e. The van der Waals surface area contributed by atoms with Gasteiger partial charge in [-0.3, -0.25) is 0 Å². The average molecular weight is 185 g/mol. The zero-order valence-corrected chi connectivity index (χ0v) is 8.78. The van der Waals surface area contributed by atoms with Crippen LogP contribution in [0.4, 0.5) is 0 Å². The molecule has 1 fully saturated rings. The first-order chi connectivity index (χ1) is 6.95. The summed E-state index contributed by atoms with van der Waals surface area (Å²) in [5.41, 5.74) is 1.40. The van der Waals surface area contributed by atoms with Crippen molar-refractivity contribution < 1.29 is 0 Å². The standard InChI is InChI=1S/C13H18B/c1-2-5-9-12(8-4-1)14-13-10-6-3-7-11-13/h3,6-7,10-12H,1-2,4-5,8-9H2. The third kappa shape index (κ3) is 2.90. The van der Waals surface area contributed by atoms with Crippen molar-refractivity contribution in [1.82, 2.24) is 0 Å². The summed E-state index contributed by atoms with van der Waals surface area (Å²) < 4.78 is 0. The molecule has 1 saturated carbocycles. The zero-order valence-electron chi connectivity index (χ0n) is 8.78. The maximum absolute atomic E-state index is 2.46. The van der Waals surface area contributed by atoms with E-state index in [1.54, 1.807) is 0 Å². The Kier molecular flexibility index (Phi) is 3.67. The maximum atomic E-state index is 2.46. The van der Waals surface area contributed by atoms with E-state index in [4.69, 9.17) is 0 Å². The number of hydrogen-bond acceptors (Lipinski definition) is 0. The number of benzene rings is 1. The Morgan fingerprint density at radius 1 is 0.857 bits per heavy atom. The molecule has 2 rings (SSSR count). The Bertz CT molecular complexity index is 247. The van der Waals surface area contributed by atoms with Gasteiger partial charge in [-0.25, -0.2) is 0 Å². The van der Waals surface area contributed by atoms with Crippen LogP contribution < -0.4 is 5.46 Å². The Morgan fingerprint density at radius 3 is 2.14 bits per heavy atom. The molecule has 0 nitrogen and oxygen atoms in total.